The van der Waals surface area contributed by atoms with Gasteiger partial charge in [0.15, 0.2) is 0 Å². The van der Waals surface area contributed by atoms with E-state index in [0.29, 0.717) is 0 Å². The maximum Gasteiger partial charge on any atom is 0.291 e. The second kappa shape index (κ2) is 20.6. The molecule has 0 aliphatic carbocycles. The van der Waals surface area contributed by atoms with Gasteiger partial charge in [0.05, 0.1) is 0 Å². The van der Waals surface area contributed by atoms with Gasteiger partial charge in [0, 0.05) is 44.8 Å². The van der Waals surface area contributed by atoms with Crippen molar-refractivity contribution in [1.29, 1.82) is 0 Å². The van der Waals surface area contributed by atoms with E-state index in [1.54, 1.807) is 0 Å². The molecule has 0 aliphatic heterocycles. The van der Waals surface area contributed by atoms with Crippen LogP contribution in [-0.2, 0) is 44.8 Å². The predicted molar refractivity (Wildman–Crippen MR) is 145 cm³/mol. The van der Waals surface area contributed by atoms with Crippen molar-refractivity contribution in [1.82, 2.24) is 0 Å². The van der Waals surface area contributed by atoms with Crippen LogP contribution in [0.5, 0.6) is 0 Å². The SMILES string of the molecule is O=[N+]([O-])O.O=[N+]([O-])O.[Ag].[Ag].c1ccc(P(CCP(c2ccccc2)c2ccccc2)c2ccccc2)cc1. The van der Waals surface area contributed by atoms with Gasteiger partial charge in [-0.05, 0) is 49.4 Å². The maximum atomic E-state index is 8.36. The van der Waals surface area contributed by atoms with Crippen LogP contribution < -0.4 is 21.2 Å². The van der Waals surface area contributed by atoms with Gasteiger partial charge < -0.3 is 10.4 Å². The molecule has 2 N–H and O–H groups in total. The Balaban J connectivity index is 0.00000121. The third-order valence-electron chi connectivity index (χ3n) is 4.82. The molecular weight excluding hydrogens is 714 g/mol. The van der Waals surface area contributed by atoms with Crippen molar-refractivity contribution < 1.29 is 65.3 Å². The molecule has 38 heavy (non-hydrogen) atoms. The maximum absolute atomic E-state index is 8.36. The molecule has 4 rings (SSSR count). The molecule has 0 spiro atoms. The van der Waals surface area contributed by atoms with Gasteiger partial charge in [-0.15, -0.1) is 20.2 Å². The molecule has 0 heterocycles. The molecule has 0 amide bonds. The first kappa shape index (κ1) is 35.6. The second-order valence-corrected chi connectivity index (χ2v) is 11.8. The minimum atomic E-state index is -1.50. The summed E-state index contributed by atoms with van der Waals surface area (Å²) in [4.78, 5) is 16.7. The van der Waals surface area contributed by atoms with E-state index in [1.165, 1.54) is 33.5 Å². The quantitative estimate of drug-likeness (QED) is 0.124. The van der Waals surface area contributed by atoms with E-state index in [-0.39, 0.29) is 60.6 Å². The largest absolute Gasteiger partial charge is 0.328 e. The third kappa shape index (κ3) is 14.0. The normalized spacial score (nSPS) is 9.42. The van der Waals surface area contributed by atoms with Gasteiger partial charge in [-0.2, -0.15) is 0 Å². The Hall–Kier alpha value is -2.38. The third-order valence-corrected chi connectivity index (χ3v) is 10.2. The molecule has 4 aromatic carbocycles. The Morgan fingerprint density at radius 3 is 0.789 bits per heavy atom. The zero-order valence-corrected chi connectivity index (χ0v) is 24.6. The molecule has 0 atom stereocenters. The number of benzene rings is 4. The van der Waals surface area contributed by atoms with E-state index in [1.807, 2.05) is 0 Å². The van der Waals surface area contributed by atoms with Crippen molar-refractivity contribution in [3.63, 3.8) is 0 Å². The fraction of sp³-hybridized carbons (Fsp3) is 0.0769. The second-order valence-electron chi connectivity index (χ2n) is 7.12. The number of nitrogens with zero attached hydrogens (tertiary/aromatic N) is 2. The molecule has 0 aliphatic rings. The summed E-state index contributed by atoms with van der Waals surface area (Å²) in [6.07, 6.45) is 2.41. The van der Waals surface area contributed by atoms with Crippen LogP contribution in [0.25, 0.3) is 0 Å². The Labute approximate surface area is 254 Å². The first-order chi connectivity index (χ1) is 17.4. The van der Waals surface area contributed by atoms with Crippen molar-refractivity contribution >= 4 is 37.1 Å². The monoisotopic (exact) mass is 738 g/mol. The van der Waals surface area contributed by atoms with Crippen molar-refractivity contribution in [3.8, 4) is 0 Å². The smallest absolute Gasteiger partial charge is 0.291 e. The van der Waals surface area contributed by atoms with Crippen molar-refractivity contribution in [2.24, 2.45) is 0 Å². The van der Waals surface area contributed by atoms with Gasteiger partial charge in [0.25, 0.3) is 10.2 Å². The van der Waals surface area contributed by atoms with Crippen LogP contribution in [0.4, 0.5) is 0 Å². The minimum absolute atomic E-state index is 0. The van der Waals surface area contributed by atoms with Crippen LogP contribution in [0.15, 0.2) is 121 Å². The molecule has 8 nitrogen and oxygen atoms in total. The zero-order chi connectivity index (χ0) is 26.2. The Morgan fingerprint density at radius 1 is 0.474 bits per heavy atom. The van der Waals surface area contributed by atoms with Crippen LogP contribution in [-0.4, -0.2) is 32.9 Å². The summed E-state index contributed by atoms with van der Waals surface area (Å²) >= 11 is 0. The summed E-state index contributed by atoms with van der Waals surface area (Å²) < 4.78 is 0. The van der Waals surface area contributed by atoms with E-state index >= 15 is 0 Å². The summed E-state index contributed by atoms with van der Waals surface area (Å²) in [7, 11) is -0.696. The standard InChI is InChI=1S/C26H24P2.2Ag.2HNO3/c1-5-13-23(14-6-1)27(24-15-7-2-8-16-24)21-22-28(25-17-9-3-10-18-25)26-19-11-4-12-20-26;;;2*2-1(3)4/h1-20H,21-22H2;;;2*(H,2,3,4). The fourth-order valence-electron chi connectivity index (χ4n) is 3.45. The average molecular weight is 740 g/mol. The van der Waals surface area contributed by atoms with Crippen LogP contribution >= 0.6 is 15.8 Å². The Bertz CT molecular complexity index is 1000. The molecular formula is C26H26Ag2N2O6P2. The van der Waals surface area contributed by atoms with Crippen molar-refractivity contribution in [3.05, 3.63) is 142 Å². The summed E-state index contributed by atoms with van der Waals surface area (Å²) in [5.41, 5.74) is 0. The molecule has 0 saturated heterocycles. The number of hydrogen-bond donors (Lipinski definition) is 2. The van der Waals surface area contributed by atoms with Gasteiger partial charge in [0.1, 0.15) is 0 Å². The van der Waals surface area contributed by atoms with Gasteiger partial charge in [-0.3, -0.25) is 0 Å². The van der Waals surface area contributed by atoms with Gasteiger partial charge in [-0.25, -0.2) is 0 Å². The first-order valence-corrected chi connectivity index (χ1v) is 13.9. The molecule has 208 valence electrons. The predicted octanol–water partition coefficient (Wildman–Crippen LogP) is 4.55. The van der Waals surface area contributed by atoms with Crippen LogP contribution in [0.1, 0.15) is 0 Å². The summed E-state index contributed by atoms with van der Waals surface area (Å²) in [6, 6.07) is 44.2. The molecule has 2 radical (unpaired) electrons. The molecule has 0 bridgehead atoms. The molecule has 12 heteroatoms. The minimum Gasteiger partial charge on any atom is -0.328 e. The van der Waals surface area contributed by atoms with E-state index in [9.17, 15) is 0 Å². The van der Waals surface area contributed by atoms with Crippen LogP contribution in [0, 0.1) is 20.2 Å². The molecule has 0 aromatic heterocycles. The van der Waals surface area contributed by atoms with Crippen LogP contribution in [0.3, 0.4) is 0 Å². The first-order valence-electron chi connectivity index (χ1n) is 10.8. The molecule has 4 aromatic rings. The van der Waals surface area contributed by atoms with E-state index in [0.717, 1.165) is 0 Å². The number of hydrogen-bond acceptors (Lipinski definition) is 4. The van der Waals surface area contributed by atoms with E-state index in [2.05, 4.69) is 121 Å². The fourth-order valence-corrected chi connectivity index (χ4v) is 8.80. The topological polar surface area (TPSA) is 127 Å². The van der Waals surface area contributed by atoms with E-state index < -0.39 is 10.2 Å². The average Bonchev–Trinajstić information content (AvgIpc) is 2.88. The van der Waals surface area contributed by atoms with Crippen molar-refractivity contribution in [2.75, 3.05) is 12.3 Å². The Kier molecular flexibility index (Phi) is 19.3. The van der Waals surface area contributed by atoms with Crippen LogP contribution in [0.2, 0.25) is 0 Å². The summed E-state index contributed by atoms with van der Waals surface area (Å²) in [5.74, 6) is 0. The van der Waals surface area contributed by atoms with Crippen molar-refractivity contribution in [2.45, 2.75) is 0 Å². The molecule has 0 unspecified atom stereocenters. The molecule has 0 saturated carbocycles. The van der Waals surface area contributed by atoms with E-state index in [4.69, 9.17) is 30.6 Å². The molecule has 0 fully saturated rings. The van der Waals surface area contributed by atoms with Gasteiger partial charge in [-0.1, -0.05) is 121 Å². The Morgan fingerprint density at radius 2 is 0.632 bits per heavy atom. The van der Waals surface area contributed by atoms with Gasteiger partial charge in [0.2, 0.25) is 0 Å². The number of rotatable bonds is 7. The summed E-state index contributed by atoms with van der Waals surface area (Å²) in [6.45, 7) is 0. The zero-order valence-electron chi connectivity index (χ0n) is 19.9. The summed E-state index contributed by atoms with van der Waals surface area (Å²) in [5, 5.41) is 33.2. The van der Waals surface area contributed by atoms with Gasteiger partial charge >= 0.3 is 0 Å².